The molecule has 0 aliphatic carbocycles. The molecule has 0 spiro atoms. The monoisotopic (exact) mass is 329 g/mol. The number of anilines is 1. The number of halogens is 1. The van der Waals surface area contributed by atoms with Crippen LogP contribution in [0.2, 0.25) is 5.02 Å². The van der Waals surface area contributed by atoms with E-state index in [0.717, 1.165) is 5.56 Å². The van der Waals surface area contributed by atoms with Crippen LogP contribution in [0.1, 0.15) is 24.3 Å². The largest absolute Gasteiger partial charge is 0.481 e. The van der Waals surface area contributed by atoms with Gasteiger partial charge in [-0.3, -0.25) is 9.59 Å². The topological polar surface area (TPSA) is 57.6 Å². The first-order valence-electron chi connectivity index (χ1n) is 7.40. The lowest BCUT2D eigenvalue weighted by Crippen LogP contribution is -2.36. The fourth-order valence-corrected chi connectivity index (χ4v) is 3.30. The zero-order valence-electron chi connectivity index (χ0n) is 12.4. The van der Waals surface area contributed by atoms with Crippen molar-refractivity contribution in [2.75, 3.05) is 4.90 Å². The number of carbonyl (C=O) groups is 2. The Balaban J connectivity index is 1.99. The van der Waals surface area contributed by atoms with Gasteiger partial charge in [0.15, 0.2) is 0 Å². The first-order valence-corrected chi connectivity index (χ1v) is 7.78. The van der Waals surface area contributed by atoms with Gasteiger partial charge in [0.1, 0.15) is 0 Å². The highest BCUT2D eigenvalue weighted by atomic mass is 35.5. The van der Waals surface area contributed by atoms with Crippen molar-refractivity contribution in [1.82, 2.24) is 0 Å². The number of amides is 1. The van der Waals surface area contributed by atoms with Crippen molar-refractivity contribution in [3.63, 3.8) is 0 Å². The van der Waals surface area contributed by atoms with E-state index in [1.165, 1.54) is 0 Å². The van der Waals surface area contributed by atoms with E-state index in [2.05, 4.69) is 0 Å². The number of carboxylic acids is 1. The summed E-state index contributed by atoms with van der Waals surface area (Å²) < 4.78 is 0. The third-order valence-electron chi connectivity index (χ3n) is 4.18. The summed E-state index contributed by atoms with van der Waals surface area (Å²) in [5.74, 6) is -1.10. The first-order chi connectivity index (χ1) is 11.1. The van der Waals surface area contributed by atoms with Crippen LogP contribution in [0.4, 0.5) is 5.69 Å². The molecule has 118 valence electrons. The summed E-state index contributed by atoms with van der Waals surface area (Å²) in [6.07, 6.45) is 0.221. The SMILES string of the molecule is O=C(O)C[C@@H]1[C@@H](c2ccccc2)CC(=O)N1c1ccc(Cl)cc1. The minimum atomic E-state index is -0.912. The number of nitrogens with zero attached hydrogens (tertiary/aromatic N) is 1. The Labute approximate surface area is 139 Å². The molecule has 1 amide bonds. The lowest BCUT2D eigenvalue weighted by Gasteiger charge is -2.27. The normalized spacial score (nSPS) is 20.7. The molecule has 0 radical (unpaired) electrons. The quantitative estimate of drug-likeness (QED) is 0.930. The van der Waals surface area contributed by atoms with Gasteiger partial charge in [0.2, 0.25) is 5.91 Å². The van der Waals surface area contributed by atoms with Gasteiger partial charge in [-0.15, -0.1) is 0 Å². The van der Waals surface area contributed by atoms with E-state index in [9.17, 15) is 14.7 Å². The van der Waals surface area contributed by atoms with Gasteiger partial charge < -0.3 is 10.0 Å². The van der Waals surface area contributed by atoms with E-state index in [0.29, 0.717) is 17.1 Å². The molecule has 3 rings (SSSR count). The van der Waals surface area contributed by atoms with Crippen molar-refractivity contribution in [3.8, 4) is 0 Å². The number of hydrogen-bond donors (Lipinski definition) is 1. The summed E-state index contributed by atoms with van der Waals surface area (Å²) in [5, 5.41) is 9.85. The van der Waals surface area contributed by atoms with Crippen molar-refractivity contribution >= 4 is 29.2 Å². The van der Waals surface area contributed by atoms with Crippen molar-refractivity contribution < 1.29 is 14.7 Å². The number of benzene rings is 2. The predicted octanol–water partition coefficient (Wildman–Crippen LogP) is 3.70. The maximum absolute atomic E-state index is 12.5. The second-order valence-electron chi connectivity index (χ2n) is 5.63. The van der Waals surface area contributed by atoms with Gasteiger partial charge >= 0.3 is 5.97 Å². The lowest BCUT2D eigenvalue weighted by molar-refractivity contribution is -0.137. The fourth-order valence-electron chi connectivity index (χ4n) is 3.18. The lowest BCUT2D eigenvalue weighted by atomic mass is 9.90. The van der Waals surface area contributed by atoms with Crippen molar-refractivity contribution in [2.45, 2.75) is 24.8 Å². The summed E-state index contributed by atoms with van der Waals surface area (Å²) in [4.78, 5) is 25.4. The molecule has 2 aromatic rings. The molecule has 1 aliphatic heterocycles. The van der Waals surface area contributed by atoms with Crippen LogP contribution in [0.15, 0.2) is 54.6 Å². The van der Waals surface area contributed by atoms with Gasteiger partial charge in [-0.25, -0.2) is 0 Å². The second kappa shape index (κ2) is 6.42. The Bertz CT molecular complexity index is 715. The summed E-state index contributed by atoms with van der Waals surface area (Å²) in [7, 11) is 0. The van der Waals surface area contributed by atoms with Crippen molar-refractivity contribution in [3.05, 3.63) is 65.2 Å². The molecule has 0 saturated carbocycles. The number of carboxylic acid groups (broad SMARTS) is 1. The first kappa shape index (κ1) is 15.6. The number of hydrogen-bond acceptors (Lipinski definition) is 2. The smallest absolute Gasteiger partial charge is 0.305 e. The standard InChI is InChI=1S/C18H16ClNO3/c19-13-6-8-14(9-7-13)20-16(11-18(22)23)15(10-17(20)21)12-4-2-1-3-5-12/h1-9,15-16H,10-11H2,(H,22,23)/t15-,16-/m1/s1. The van der Waals surface area contributed by atoms with Crippen LogP contribution in [0, 0.1) is 0 Å². The fraction of sp³-hybridized carbons (Fsp3) is 0.222. The Morgan fingerprint density at radius 2 is 1.78 bits per heavy atom. The molecule has 2 aromatic carbocycles. The van der Waals surface area contributed by atoms with Crippen LogP contribution in [0.25, 0.3) is 0 Å². The predicted molar refractivity (Wildman–Crippen MR) is 88.8 cm³/mol. The average Bonchev–Trinajstić information content (AvgIpc) is 2.85. The molecule has 0 aromatic heterocycles. The maximum atomic E-state index is 12.5. The van der Waals surface area contributed by atoms with Crippen molar-refractivity contribution in [2.24, 2.45) is 0 Å². The van der Waals surface area contributed by atoms with Gasteiger partial charge in [-0.1, -0.05) is 41.9 Å². The average molecular weight is 330 g/mol. The van der Waals surface area contributed by atoms with Gasteiger partial charge in [-0.05, 0) is 29.8 Å². The molecule has 4 nitrogen and oxygen atoms in total. The molecule has 1 aliphatic rings. The second-order valence-corrected chi connectivity index (χ2v) is 6.06. The van der Waals surface area contributed by atoms with Crippen molar-refractivity contribution in [1.29, 1.82) is 0 Å². The summed E-state index contributed by atoms with van der Waals surface area (Å²) >= 11 is 5.90. The maximum Gasteiger partial charge on any atom is 0.305 e. The molecule has 1 heterocycles. The molecular formula is C18H16ClNO3. The molecule has 1 N–H and O–H groups in total. The van der Waals surface area contributed by atoms with E-state index in [1.807, 2.05) is 30.3 Å². The van der Waals surface area contributed by atoms with Crippen LogP contribution < -0.4 is 4.90 Å². The van der Waals surface area contributed by atoms with E-state index >= 15 is 0 Å². The summed E-state index contributed by atoms with van der Waals surface area (Å²) in [6.45, 7) is 0. The Hall–Kier alpha value is -2.33. The summed E-state index contributed by atoms with van der Waals surface area (Å²) in [6, 6.07) is 16.1. The number of rotatable bonds is 4. The van der Waals surface area contributed by atoms with Crippen LogP contribution in [0.3, 0.4) is 0 Å². The third kappa shape index (κ3) is 3.22. The van der Waals surface area contributed by atoms with E-state index in [4.69, 9.17) is 11.6 Å². The molecule has 23 heavy (non-hydrogen) atoms. The van der Waals surface area contributed by atoms with E-state index in [1.54, 1.807) is 29.2 Å². The highest BCUT2D eigenvalue weighted by Crippen LogP contribution is 2.39. The van der Waals surface area contributed by atoms with Crippen LogP contribution >= 0.6 is 11.6 Å². The Kier molecular flexibility index (Phi) is 4.35. The van der Waals surface area contributed by atoms with Gasteiger partial charge in [0.25, 0.3) is 0 Å². The van der Waals surface area contributed by atoms with Crippen LogP contribution in [-0.2, 0) is 9.59 Å². The highest BCUT2D eigenvalue weighted by molar-refractivity contribution is 6.30. The van der Waals surface area contributed by atoms with Gasteiger partial charge in [0.05, 0.1) is 12.5 Å². The highest BCUT2D eigenvalue weighted by Gasteiger charge is 2.42. The number of aliphatic carboxylic acids is 1. The third-order valence-corrected chi connectivity index (χ3v) is 4.43. The zero-order chi connectivity index (χ0) is 16.4. The molecule has 0 unspecified atom stereocenters. The molecular weight excluding hydrogens is 314 g/mol. The Morgan fingerprint density at radius 1 is 1.13 bits per heavy atom. The van der Waals surface area contributed by atoms with Gasteiger partial charge in [0, 0.05) is 23.0 Å². The molecule has 1 saturated heterocycles. The molecule has 0 bridgehead atoms. The van der Waals surface area contributed by atoms with Crippen LogP contribution in [0.5, 0.6) is 0 Å². The zero-order valence-corrected chi connectivity index (χ0v) is 13.1. The minimum Gasteiger partial charge on any atom is -0.481 e. The van der Waals surface area contributed by atoms with Crippen LogP contribution in [-0.4, -0.2) is 23.0 Å². The Morgan fingerprint density at radius 3 is 2.39 bits per heavy atom. The molecule has 5 heteroatoms. The van der Waals surface area contributed by atoms with Gasteiger partial charge in [-0.2, -0.15) is 0 Å². The molecule has 1 fully saturated rings. The van der Waals surface area contributed by atoms with E-state index < -0.39 is 12.0 Å². The molecule has 2 atom stereocenters. The number of carbonyl (C=O) groups excluding carboxylic acids is 1. The minimum absolute atomic E-state index is 0.0626. The summed E-state index contributed by atoms with van der Waals surface area (Å²) in [5.41, 5.74) is 1.67. The van der Waals surface area contributed by atoms with E-state index in [-0.39, 0.29) is 18.2 Å².